The van der Waals surface area contributed by atoms with Gasteiger partial charge in [-0.05, 0) is 47.5 Å². The number of pyridine rings is 1. The Morgan fingerprint density at radius 3 is 2.65 bits per heavy atom. The van der Waals surface area contributed by atoms with Gasteiger partial charge in [0.15, 0.2) is 16.7 Å². The van der Waals surface area contributed by atoms with Gasteiger partial charge >= 0.3 is 5.97 Å². The van der Waals surface area contributed by atoms with E-state index in [1.165, 1.54) is 0 Å². The molecule has 0 saturated carbocycles. The molecule has 37 heavy (non-hydrogen) atoms. The molecule has 0 radical (unpaired) electrons. The molecule has 0 bridgehead atoms. The van der Waals surface area contributed by atoms with Crippen LogP contribution in [0.5, 0.6) is 0 Å². The van der Waals surface area contributed by atoms with Crippen LogP contribution in [-0.2, 0) is 17.7 Å². The fraction of sp³-hybridized carbons (Fsp3) is 0.259. The van der Waals surface area contributed by atoms with Crippen molar-refractivity contribution < 1.29 is 9.53 Å². The Hall–Kier alpha value is -4.11. The van der Waals surface area contributed by atoms with Crippen LogP contribution in [-0.4, -0.2) is 47.7 Å². The molecule has 9 nitrogen and oxygen atoms in total. The van der Waals surface area contributed by atoms with Gasteiger partial charge in [0, 0.05) is 29.5 Å². The normalized spacial score (nSPS) is 11.2. The predicted octanol–water partition coefficient (Wildman–Crippen LogP) is 5.50. The summed E-state index contributed by atoms with van der Waals surface area (Å²) in [5.74, 6) is 0.903. The van der Waals surface area contributed by atoms with Crippen molar-refractivity contribution in [2.75, 3.05) is 6.61 Å². The van der Waals surface area contributed by atoms with Crippen LogP contribution in [0.15, 0.2) is 54.6 Å². The van der Waals surface area contributed by atoms with Crippen molar-refractivity contribution in [1.82, 2.24) is 35.2 Å². The van der Waals surface area contributed by atoms with Crippen molar-refractivity contribution in [2.45, 2.75) is 39.7 Å². The first kappa shape index (κ1) is 24.6. The highest BCUT2D eigenvalue weighted by Crippen LogP contribution is 2.30. The van der Waals surface area contributed by atoms with E-state index in [-0.39, 0.29) is 11.8 Å². The number of aromatic amines is 1. The summed E-state index contributed by atoms with van der Waals surface area (Å²) in [5.41, 5.74) is 4.78. The van der Waals surface area contributed by atoms with E-state index in [1.807, 2.05) is 53.1 Å². The molecular formula is C27H26ClN7O2. The number of rotatable bonds is 9. The highest BCUT2D eigenvalue weighted by Gasteiger charge is 2.23. The Morgan fingerprint density at radius 1 is 1.05 bits per heavy atom. The van der Waals surface area contributed by atoms with Crippen molar-refractivity contribution in [2.24, 2.45) is 0 Å². The maximum Gasteiger partial charge on any atom is 0.358 e. The van der Waals surface area contributed by atoms with Crippen molar-refractivity contribution in [1.29, 1.82) is 0 Å². The third-order valence-corrected chi connectivity index (χ3v) is 6.39. The quantitative estimate of drug-likeness (QED) is 0.258. The number of ether oxygens (including phenoxy) is 1. The Morgan fingerprint density at radius 2 is 1.89 bits per heavy atom. The minimum absolute atomic E-state index is 0.178. The lowest BCUT2D eigenvalue weighted by molar-refractivity contribution is 0.0514. The van der Waals surface area contributed by atoms with Gasteiger partial charge in [-0.3, -0.25) is 0 Å². The van der Waals surface area contributed by atoms with E-state index in [2.05, 4.69) is 38.6 Å². The monoisotopic (exact) mass is 515 g/mol. The number of tetrazole rings is 1. The van der Waals surface area contributed by atoms with Crippen LogP contribution in [0.3, 0.4) is 0 Å². The van der Waals surface area contributed by atoms with Crippen molar-refractivity contribution in [3.05, 3.63) is 76.8 Å². The predicted molar refractivity (Wildman–Crippen MR) is 141 cm³/mol. The minimum atomic E-state index is -0.463. The molecule has 0 aliphatic rings. The van der Waals surface area contributed by atoms with Crippen LogP contribution >= 0.6 is 11.6 Å². The number of nitrogens with zero attached hydrogens (tertiary/aromatic N) is 6. The molecular weight excluding hydrogens is 490 g/mol. The van der Waals surface area contributed by atoms with Gasteiger partial charge < -0.3 is 9.30 Å². The number of carbonyl (C=O) groups excluding carboxylic acids is 1. The molecule has 188 valence electrons. The van der Waals surface area contributed by atoms with E-state index >= 15 is 0 Å². The number of aryl methyl sites for hydroxylation is 1. The second kappa shape index (κ2) is 10.9. The second-order valence-corrected chi connectivity index (χ2v) is 8.95. The van der Waals surface area contributed by atoms with Gasteiger partial charge in [-0.25, -0.2) is 19.9 Å². The first-order valence-electron chi connectivity index (χ1n) is 12.2. The number of imidazole rings is 1. The van der Waals surface area contributed by atoms with Gasteiger partial charge in [0.05, 0.1) is 17.8 Å². The van der Waals surface area contributed by atoms with E-state index in [0.29, 0.717) is 18.1 Å². The summed E-state index contributed by atoms with van der Waals surface area (Å²) >= 11 is 6.39. The topological polar surface area (TPSA) is 111 Å². The molecule has 1 N–H and O–H groups in total. The number of carbonyl (C=O) groups is 1. The summed E-state index contributed by atoms with van der Waals surface area (Å²) in [6.07, 6.45) is 2.69. The van der Waals surface area contributed by atoms with Crippen LogP contribution in [0, 0.1) is 0 Å². The number of esters is 1. The van der Waals surface area contributed by atoms with Gasteiger partial charge in [0.2, 0.25) is 0 Å². The highest BCUT2D eigenvalue weighted by molar-refractivity contribution is 6.32. The first-order chi connectivity index (χ1) is 18.1. The second-order valence-electron chi connectivity index (χ2n) is 8.60. The summed E-state index contributed by atoms with van der Waals surface area (Å²) in [5, 5.41) is 15.4. The maximum atomic E-state index is 12.7. The molecule has 5 aromatic rings. The molecule has 0 aliphatic heterocycles. The molecule has 0 aliphatic carbocycles. The zero-order valence-electron chi connectivity index (χ0n) is 20.6. The number of H-pyrrole nitrogens is 1. The molecule has 3 heterocycles. The molecule has 10 heteroatoms. The number of halogens is 1. The minimum Gasteiger partial charge on any atom is -0.461 e. The van der Waals surface area contributed by atoms with Crippen molar-refractivity contribution >= 4 is 28.5 Å². The summed E-state index contributed by atoms with van der Waals surface area (Å²) in [6, 6.07) is 18.0. The third kappa shape index (κ3) is 5.08. The van der Waals surface area contributed by atoms with Crippen LogP contribution < -0.4 is 0 Å². The number of fused-ring (bicyclic) bond motifs is 1. The number of hydrogen-bond acceptors (Lipinski definition) is 7. The van der Waals surface area contributed by atoms with E-state index in [4.69, 9.17) is 21.3 Å². The smallest absolute Gasteiger partial charge is 0.358 e. The Kier molecular flexibility index (Phi) is 7.23. The van der Waals surface area contributed by atoms with Crippen LogP contribution in [0.2, 0.25) is 5.15 Å². The van der Waals surface area contributed by atoms with Gasteiger partial charge in [-0.15, -0.1) is 5.10 Å². The number of benzene rings is 2. The van der Waals surface area contributed by atoms with Gasteiger partial charge in [0.1, 0.15) is 5.82 Å². The molecule has 3 aromatic heterocycles. The van der Waals surface area contributed by atoms with Gasteiger partial charge in [0.25, 0.3) is 0 Å². The van der Waals surface area contributed by atoms with E-state index < -0.39 is 5.97 Å². The van der Waals surface area contributed by atoms with Gasteiger partial charge in [-0.2, -0.15) is 0 Å². The van der Waals surface area contributed by atoms with E-state index in [9.17, 15) is 4.79 Å². The average Bonchev–Trinajstić information content (AvgIpc) is 3.55. The molecule has 0 atom stereocenters. The molecule has 0 spiro atoms. The lowest BCUT2D eigenvalue weighted by Gasteiger charge is -2.13. The zero-order chi connectivity index (χ0) is 25.8. The number of aromatic nitrogens is 7. The fourth-order valence-electron chi connectivity index (χ4n) is 4.35. The fourth-order valence-corrected chi connectivity index (χ4v) is 4.63. The van der Waals surface area contributed by atoms with Crippen molar-refractivity contribution in [3.63, 3.8) is 0 Å². The van der Waals surface area contributed by atoms with E-state index in [0.717, 1.165) is 58.4 Å². The zero-order valence-corrected chi connectivity index (χ0v) is 21.4. The van der Waals surface area contributed by atoms with Crippen molar-refractivity contribution in [3.8, 4) is 22.6 Å². The third-order valence-electron chi connectivity index (χ3n) is 6.12. The van der Waals surface area contributed by atoms with Crippen LogP contribution in [0.25, 0.3) is 33.5 Å². The lowest BCUT2D eigenvalue weighted by Crippen LogP contribution is -2.15. The Bertz CT molecular complexity index is 1550. The highest BCUT2D eigenvalue weighted by atomic mass is 35.5. The number of nitrogens with one attached hydrogen (secondary N) is 1. The molecule has 0 saturated heterocycles. The molecule has 0 amide bonds. The van der Waals surface area contributed by atoms with Gasteiger partial charge in [-0.1, -0.05) is 61.3 Å². The van der Waals surface area contributed by atoms with Crippen LogP contribution in [0.1, 0.15) is 48.6 Å². The SMILES string of the molecule is CCCCc1nc(Cl)c(C(=O)OCC)n1Cc1ccc2nc(-c3ccccc3-c3nnn[nH]3)ccc2c1. The number of unbranched alkanes of at least 4 members (excludes halogenated alkanes) is 1. The standard InChI is InChI=1S/C27H26ClN7O2/c1-3-5-10-23-30-25(28)24(27(36)37-4-2)35(23)16-17-11-13-21-18(15-17)12-14-22(29-21)19-8-6-7-9-20(19)26-31-33-34-32-26/h6-9,11-15H,3-5,10,16H2,1-2H3,(H,31,32,33,34). The Labute approximate surface area is 218 Å². The summed E-state index contributed by atoms with van der Waals surface area (Å²) < 4.78 is 7.13. The maximum absolute atomic E-state index is 12.7. The summed E-state index contributed by atoms with van der Waals surface area (Å²) in [6.45, 7) is 4.61. The summed E-state index contributed by atoms with van der Waals surface area (Å²) in [7, 11) is 0. The molecule has 0 fully saturated rings. The van der Waals surface area contributed by atoms with E-state index in [1.54, 1.807) is 6.92 Å². The largest absolute Gasteiger partial charge is 0.461 e. The molecule has 2 aromatic carbocycles. The Balaban J connectivity index is 1.49. The van der Waals surface area contributed by atoms with Crippen LogP contribution in [0.4, 0.5) is 0 Å². The average molecular weight is 516 g/mol. The number of hydrogen-bond donors (Lipinski definition) is 1. The summed E-state index contributed by atoms with van der Waals surface area (Å²) in [4.78, 5) is 22.1. The first-order valence-corrected chi connectivity index (χ1v) is 12.6. The molecule has 0 unspecified atom stereocenters. The molecule has 5 rings (SSSR count). The lowest BCUT2D eigenvalue weighted by atomic mass is 10.0.